The summed E-state index contributed by atoms with van der Waals surface area (Å²) in [5.41, 5.74) is -6.30. The molecule has 0 radical (unpaired) electrons. The summed E-state index contributed by atoms with van der Waals surface area (Å²) in [7, 11) is 0. The van der Waals surface area contributed by atoms with E-state index >= 15 is 0 Å². The number of hydrogen-bond donors (Lipinski definition) is 2. The van der Waals surface area contributed by atoms with Crippen molar-refractivity contribution >= 4 is 29.8 Å². The topological polar surface area (TPSA) is 181 Å². The van der Waals surface area contributed by atoms with E-state index in [4.69, 9.17) is 28.4 Å². The van der Waals surface area contributed by atoms with Gasteiger partial charge in [-0.1, -0.05) is 61.5 Å². The van der Waals surface area contributed by atoms with Crippen LogP contribution in [0.3, 0.4) is 0 Å². The van der Waals surface area contributed by atoms with Crippen LogP contribution in [0, 0.1) is 16.7 Å². The van der Waals surface area contributed by atoms with Crippen LogP contribution in [0.5, 0.6) is 0 Å². The third-order valence-corrected chi connectivity index (χ3v) is 12.7. The highest BCUT2D eigenvalue weighted by Gasteiger charge is 2.80. The molecule has 13 nitrogen and oxygen atoms in total. The lowest BCUT2D eigenvalue weighted by atomic mass is 9.49. The number of fused-ring (bicyclic) bond motifs is 4. The van der Waals surface area contributed by atoms with Gasteiger partial charge in [0.15, 0.2) is 17.8 Å². The van der Waals surface area contributed by atoms with E-state index in [1.54, 1.807) is 105 Å². The summed E-state index contributed by atoms with van der Waals surface area (Å²) in [5, 5.41) is 25.4. The van der Waals surface area contributed by atoms with E-state index in [0.717, 1.165) is 0 Å². The van der Waals surface area contributed by atoms with Crippen LogP contribution in [0.25, 0.3) is 0 Å². The number of ether oxygens (including phenoxy) is 6. The maximum Gasteiger partial charge on any atom is 0.338 e. The summed E-state index contributed by atoms with van der Waals surface area (Å²) >= 11 is 0. The molecule has 0 bridgehead atoms. The molecule has 0 aromatic heterocycles. The van der Waals surface area contributed by atoms with Crippen LogP contribution >= 0.6 is 0 Å². The highest BCUT2D eigenvalue weighted by Crippen LogP contribution is 2.69. The van der Waals surface area contributed by atoms with Crippen molar-refractivity contribution in [2.45, 2.75) is 102 Å². The first kappa shape index (κ1) is 40.8. The fraction of sp³-hybridized carbons (Fsp3) is 0.444. The minimum absolute atomic E-state index is 0.123. The Morgan fingerprint density at radius 2 is 1.21 bits per heavy atom. The van der Waals surface area contributed by atoms with Crippen molar-refractivity contribution in [3.05, 3.63) is 119 Å². The maximum atomic E-state index is 14.5. The first-order chi connectivity index (χ1) is 27.5. The molecule has 306 valence electrons. The molecule has 1 heterocycles. The smallest absolute Gasteiger partial charge is 0.338 e. The van der Waals surface area contributed by atoms with Gasteiger partial charge in [0.2, 0.25) is 0 Å². The molecule has 3 aromatic rings. The maximum absolute atomic E-state index is 14.5. The molecule has 3 aromatic carbocycles. The standard InChI is InChI=1S/C45H48O13/c1-25-31(54-26(2)46)23-44(42(4,5)52)34(25)35(55-39(49)28-16-10-7-11-17-28)37(56-40(50)29-18-12-8-13-19-29)43(6)32(48)22-33-45(24-53-33,58-27(3)47)36(43)38(44)57-41(51)30-20-14-9-15-21-30/h7-21,31-33,35-38,48,52H,22-24H2,1-6H3/t31-,32+,33+,35?,36-,37-,38+,43-,44-,45-/m1/s1. The Labute approximate surface area is 336 Å². The van der Waals surface area contributed by atoms with E-state index in [1.165, 1.54) is 27.7 Å². The van der Waals surface area contributed by atoms with Gasteiger partial charge in [-0.2, -0.15) is 0 Å². The van der Waals surface area contributed by atoms with Crippen molar-refractivity contribution in [3.8, 4) is 0 Å². The van der Waals surface area contributed by atoms with Gasteiger partial charge in [-0.25, -0.2) is 14.4 Å². The molecule has 1 unspecified atom stereocenters. The monoisotopic (exact) mass is 796 g/mol. The van der Waals surface area contributed by atoms with E-state index in [1.807, 2.05) is 0 Å². The van der Waals surface area contributed by atoms with Gasteiger partial charge in [0.05, 0.1) is 46.3 Å². The van der Waals surface area contributed by atoms with Crippen LogP contribution < -0.4 is 0 Å². The molecular weight excluding hydrogens is 748 g/mol. The first-order valence-electron chi connectivity index (χ1n) is 19.3. The molecule has 1 saturated heterocycles. The normalized spacial score (nSPS) is 32.5. The molecule has 3 aliphatic carbocycles. The van der Waals surface area contributed by atoms with E-state index in [0.29, 0.717) is 5.57 Å². The van der Waals surface area contributed by atoms with Gasteiger partial charge in [-0.15, -0.1) is 0 Å². The van der Waals surface area contributed by atoms with Crippen molar-refractivity contribution in [1.29, 1.82) is 0 Å². The van der Waals surface area contributed by atoms with Crippen molar-refractivity contribution in [2.75, 3.05) is 6.61 Å². The van der Waals surface area contributed by atoms with Crippen molar-refractivity contribution in [2.24, 2.45) is 16.7 Å². The highest BCUT2D eigenvalue weighted by atomic mass is 16.6. The molecule has 10 atom stereocenters. The Hall–Kier alpha value is -5.37. The van der Waals surface area contributed by atoms with Crippen LogP contribution in [-0.4, -0.2) is 94.5 Å². The zero-order valence-electron chi connectivity index (χ0n) is 33.2. The van der Waals surface area contributed by atoms with E-state index in [9.17, 15) is 34.2 Å². The molecular formula is C45H48O13. The molecule has 1 aliphatic heterocycles. The lowest BCUT2D eigenvalue weighted by Gasteiger charge is -2.65. The van der Waals surface area contributed by atoms with Gasteiger partial charge < -0.3 is 38.6 Å². The van der Waals surface area contributed by atoms with Crippen molar-refractivity contribution in [1.82, 2.24) is 0 Å². The molecule has 2 saturated carbocycles. The largest absolute Gasteiger partial charge is 0.458 e. The number of benzene rings is 3. The molecule has 0 spiro atoms. The SMILES string of the molecule is CC(=O)O[C@@H]1C[C@@]2(C(C)(C)O)C(=C1C)C(OC(=O)c1ccccc1)[C@@H](OC(=O)c1ccccc1)[C@]1(C)[C@@H](O)C[C@@H]3OC[C@]3(OC(C)=O)[C@@H]1[C@@H]2OC(=O)c1ccccc1. The Bertz CT molecular complexity index is 2110. The minimum Gasteiger partial charge on any atom is -0.458 e. The number of aliphatic hydroxyl groups excluding tert-OH is 1. The Kier molecular flexibility index (Phi) is 10.6. The average Bonchev–Trinajstić information content (AvgIpc) is 3.44. The van der Waals surface area contributed by atoms with Crippen LogP contribution in [0.2, 0.25) is 0 Å². The molecule has 4 aliphatic rings. The van der Waals surface area contributed by atoms with Gasteiger partial charge in [0, 0.05) is 32.1 Å². The van der Waals surface area contributed by atoms with Crippen LogP contribution in [0.4, 0.5) is 0 Å². The Balaban J connectivity index is 1.59. The van der Waals surface area contributed by atoms with Gasteiger partial charge in [-0.3, -0.25) is 9.59 Å². The van der Waals surface area contributed by atoms with Gasteiger partial charge in [0.1, 0.15) is 18.3 Å². The number of hydrogen-bond acceptors (Lipinski definition) is 13. The molecule has 7 rings (SSSR count). The number of carbonyl (C=O) groups excluding carboxylic acids is 5. The summed E-state index contributed by atoms with van der Waals surface area (Å²) < 4.78 is 38.0. The zero-order valence-corrected chi connectivity index (χ0v) is 33.2. The van der Waals surface area contributed by atoms with Gasteiger partial charge >= 0.3 is 29.8 Å². The summed E-state index contributed by atoms with van der Waals surface area (Å²) in [5.74, 6) is -5.19. The fourth-order valence-electron chi connectivity index (χ4n) is 10.1. The molecule has 13 heteroatoms. The summed E-state index contributed by atoms with van der Waals surface area (Å²) in [6.45, 7) is 8.50. The highest BCUT2D eigenvalue weighted by molar-refractivity contribution is 5.91. The Morgan fingerprint density at radius 3 is 1.64 bits per heavy atom. The lowest BCUT2D eigenvalue weighted by Crippen LogP contribution is -2.79. The minimum atomic E-state index is -1.93. The molecule has 2 N–H and O–H groups in total. The number of esters is 5. The summed E-state index contributed by atoms with van der Waals surface area (Å²) in [6.07, 6.45) is -8.60. The lowest BCUT2D eigenvalue weighted by molar-refractivity contribution is -0.350. The molecule has 3 fully saturated rings. The average molecular weight is 797 g/mol. The summed E-state index contributed by atoms with van der Waals surface area (Å²) in [4.78, 5) is 69.3. The van der Waals surface area contributed by atoms with Gasteiger partial charge in [-0.05, 0) is 68.3 Å². The number of rotatable bonds is 9. The number of aliphatic hydroxyl groups is 2. The predicted molar refractivity (Wildman–Crippen MR) is 205 cm³/mol. The van der Waals surface area contributed by atoms with E-state index in [-0.39, 0.29) is 41.7 Å². The summed E-state index contributed by atoms with van der Waals surface area (Å²) in [6, 6.07) is 24.3. The van der Waals surface area contributed by atoms with Crippen LogP contribution in [-0.2, 0) is 38.0 Å². The third kappa shape index (κ3) is 6.58. The molecule has 58 heavy (non-hydrogen) atoms. The van der Waals surface area contributed by atoms with Crippen LogP contribution in [0.15, 0.2) is 102 Å². The number of carbonyl (C=O) groups is 5. The van der Waals surface area contributed by atoms with E-state index in [2.05, 4.69) is 0 Å². The first-order valence-corrected chi connectivity index (χ1v) is 19.3. The van der Waals surface area contributed by atoms with Crippen LogP contribution in [0.1, 0.15) is 85.5 Å². The van der Waals surface area contributed by atoms with Crippen molar-refractivity contribution < 1.29 is 62.6 Å². The van der Waals surface area contributed by atoms with Crippen molar-refractivity contribution in [3.63, 3.8) is 0 Å². The predicted octanol–water partition coefficient (Wildman–Crippen LogP) is 5.17. The second-order valence-electron chi connectivity index (χ2n) is 16.4. The Morgan fingerprint density at radius 1 is 0.724 bits per heavy atom. The van der Waals surface area contributed by atoms with Gasteiger partial charge in [0.25, 0.3) is 0 Å². The fourth-order valence-corrected chi connectivity index (χ4v) is 10.1. The van der Waals surface area contributed by atoms with E-state index < -0.39 is 94.4 Å². The second kappa shape index (κ2) is 15.1. The molecule has 0 amide bonds. The zero-order chi connectivity index (χ0) is 41.8. The third-order valence-electron chi connectivity index (χ3n) is 12.7. The second-order valence-corrected chi connectivity index (χ2v) is 16.4. The quantitative estimate of drug-likeness (QED) is 0.165.